The largest absolute Gasteiger partial charge is 0.396 e. The minimum atomic E-state index is 0.258. The lowest BCUT2D eigenvalue weighted by Gasteiger charge is -2.14. The predicted octanol–water partition coefficient (Wildman–Crippen LogP) is 2.28. The number of benzene rings is 1. The van der Waals surface area contributed by atoms with Gasteiger partial charge in [0.05, 0.1) is 0 Å². The number of aliphatic hydroxyl groups is 1. The minimum Gasteiger partial charge on any atom is -0.396 e. The molecule has 1 rings (SSSR count). The van der Waals surface area contributed by atoms with Crippen molar-refractivity contribution in [2.75, 3.05) is 13.2 Å². The van der Waals surface area contributed by atoms with Gasteiger partial charge < -0.3 is 10.4 Å². The third-order valence-corrected chi connectivity index (χ3v) is 2.67. The summed E-state index contributed by atoms with van der Waals surface area (Å²) >= 11 is 0. The van der Waals surface area contributed by atoms with Crippen LogP contribution < -0.4 is 5.32 Å². The van der Waals surface area contributed by atoms with E-state index in [4.69, 9.17) is 5.11 Å². The summed E-state index contributed by atoms with van der Waals surface area (Å²) in [5, 5.41) is 12.1. The molecular formula is C13H21NO. The van der Waals surface area contributed by atoms with Gasteiger partial charge in [0.2, 0.25) is 0 Å². The first kappa shape index (κ1) is 12.2. The van der Waals surface area contributed by atoms with Crippen molar-refractivity contribution in [1.82, 2.24) is 5.32 Å². The van der Waals surface area contributed by atoms with Crippen molar-refractivity contribution in [1.29, 1.82) is 0 Å². The van der Waals surface area contributed by atoms with Crippen molar-refractivity contribution >= 4 is 0 Å². The van der Waals surface area contributed by atoms with Crippen LogP contribution in [0.1, 0.15) is 37.4 Å². The highest BCUT2D eigenvalue weighted by Gasteiger charge is 2.03. The monoisotopic (exact) mass is 207 g/mol. The average molecular weight is 207 g/mol. The van der Waals surface area contributed by atoms with Crippen LogP contribution in [0.5, 0.6) is 0 Å². The van der Waals surface area contributed by atoms with Gasteiger partial charge in [-0.2, -0.15) is 0 Å². The summed E-state index contributed by atoms with van der Waals surface area (Å²) in [6.45, 7) is 5.44. The van der Waals surface area contributed by atoms with Gasteiger partial charge in [0.15, 0.2) is 0 Å². The molecule has 0 spiro atoms. The first-order valence-electron chi connectivity index (χ1n) is 5.71. The van der Waals surface area contributed by atoms with Gasteiger partial charge in [0.1, 0.15) is 0 Å². The van der Waals surface area contributed by atoms with Crippen molar-refractivity contribution in [2.24, 2.45) is 0 Å². The zero-order valence-electron chi connectivity index (χ0n) is 9.66. The Morgan fingerprint density at radius 2 is 1.93 bits per heavy atom. The van der Waals surface area contributed by atoms with Gasteiger partial charge in [0.25, 0.3) is 0 Å². The molecule has 0 aromatic heterocycles. The van der Waals surface area contributed by atoms with Gasteiger partial charge in [-0.15, -0.1) is 0 Å². The summed E-state index contributed by atoms with van der Waals surface area (Å²) in [4.78, 5) is 0. The summed E-state index contributed by atoms with van der Waals surface area (Å²) in [5.74, 6) is 0. The van der Waals surface area contributed by atoms with E-state index in [0.29, 0.717) is 6.04 Å². The second-order valence-corrected chi connectivity index (χ2v) is 3.85. The van der Waals surface area contributed by atoms with Gasteiger partial charge in [-0.1, -0.05) is 31.2 Å². The van der Waals surface area contributed by atoms with Crippen LogP contribution >= 0.6 is 0 Å². The Hall–Kier alpha value is -0.860. The molecular weight excluding hydrogens is 186 g/mol. The Morgan fingerprint density at radius 1 is 1.27 bits per heavy atom. The number of nitrogens with one attached hydrogen (secondary N) is 1. The van der Waals surface area contributed by atoms with Crippen molar-refractivity contribution in [3.8, 4) is 0 Å². The van der Waals surface area contributed by atoms with Crippen molar-refractivity contribution < 1.29 is 5.11 Å². The van der Waals surface area contributed by atoms with E-state index in [1.807, 2.05) is 0 Å². The average Bonchev–Trinajstić information content (AvgIpc) is 2.29. The van der Waals surface area contributed by atoms with Gasteiger partial charge in [-0.3, -0.25) is 0 Å². The first-order valence-corrected chi connectivity index (χ1v) is 5.71. The van der Waals surface area contributed by atoms with Gasteiger partial charge in [0, 0.05) is 12.6 Å². The summed E-state index contributed by atoms with van der Waals surface area (Å²) < 4.78 is 0. The van der Waals surface area contributed by atoms with Crippen molar-refractivity contribution in [3.63, 3.8) is 0 Å². The third-order valence-electron chi connectivity index (χ3n) is 2.67. The maximum absolute atomic E-state index is 8.68. The van der Waals surface area contributed by atoms with E-state index < -0.39 is 0 Å². The fourth-order valence-electron chi connectivity index (χ4n) is 1.56. The van der Waals surface area contributed by atoms with Gasteiger partial charge >= 0.3 is 0 Å². The fourth-order valence-corrected chi connectivity index (χ4v) is 1.56. The Morgan fingerprint density at radius 3 is 2.47 bits per heavy atom. The number of hydrogen-bond donors (Lipinski definition) is 2. The molecule has 0 aliphatic carbocycles. The zero-order chi connectivity index (χ0) is 11.1. The topological polar surface area (TPSA) is 32.3 Å². The second kappa shape index (κ2) is 6.59. The molecule has 0 amide bonds. The standard InChI is InChI=1S/C13H21NO/c1-3-12-5-7-13(8-6-12)11(2)14-9-4-10-15/h5-8,11,14-15H,3-4,9-10H2,1-2H3. The number of rotatable bonds is 6. The summed E-state index contributed by atoms with van der Waals surface area (Å²) in [7, 11) is 0. The molecule has 0 saturated heterocycles. The molecule has 0 heterocycles. The van der Waals surface area contributed by atoms with Gasteiger partial charge in [-0.25, -0.2) is 0 Å². The molecule has 1 unspecified atom stereocenters. The summed E-state index contributed by atoms with van der Waals surface area (Å²) in [5.41, 5.74) is 2.69. The number of aryl methyl sites for hydroxylation is 1. The predicted molar refractivity (Wildman–Crippen MR) is 63.9 cm³/mol. The third kappa shape index (κ3) is 4.02. The fraction of sp³-hybridized carbons (Fsp3) is 0.538. The summed E-state index contributed by atoms with van der Waals surface area (Å²) in [6.07, 6.45) is 1.91. The molecule has 0 aliphatic rings. The lowest BCUT2D eigenvalue weighted by Crippen LogP contribution is -2.20. The molecule has 0 aliphatic heterocycles. The van der Waals surface area contributed by atoms with Crippen LogP contribution in [0.4, 0.5) is 0 Å². The molecule has 15 heavy (non-hydrogen) atoms. The minimum absolute atomic E-state index is 0.258. The van der Waals surface area contributed by atoms with Crippen LogP contribution in [0.2, 0.25) is 0 Å². The summed E-state index contributed by atoms with van der Waals surface area (Å²) in [6, 6.07) is 9.08. The maximum Gasteiger partial charge on any atom is 0.0443 e. The molecule has 1 aromatic carbocycles. The molecule has 2 heteroatoms. The Balaban J connectivity index is 2.46. The van der Waals surface area contributed by atoms with Crippen molar-refractivity contribution in [3.05, 3.63) is 35.4 Å². The van der Waals surface area contributed by atoms with E-state index in [2.05, 4.69) is 43.4 Å². The van der Waals surface area contributed by atoms with Crippen LogP contribution in [-0.4, -0.2) is 18.3 Å². The van der Waals surface area contributed by atoms with Crippen LogP contribution in [-0.2, 0) is 6.42 Å². The molecule has 0 radical (unpaired) electrons. The Kier molecular flexibility index (Phi) is 5.37. The molecule has 0 saturated carbocycles. The molecule has 2 N–H and O–H groups in total. The molecule has 0 bridgehead atoms. The molecule has 84 valence electrons. The SMILES string of the molecule is CCc1ccc(C(C)NCCCO)cc1. The highest BCUT2D eigenvalue weighted by molar-refractivity contribution is 5.24. The molecule has 1 aromatic rings. The molecule has 0 fully saturated rings. The molecule has 2 nitrogen and oxygen atoms in total. The highest BCUT2D eigenvalue weighted by Crippen LogP contribution is 2.13. The van der Waals surface area contributed by atoms with Crippen molar-refractivity contribution in [2.45, 2.75) is 32.7 Å². The maximum atomic E-state index is 8.68. The number of aliphatic hydroxyl groups excluding tert-OH is 1. The Bertz CT molecular complexity index is 268. The van der Waals surface area contributed by atoms with Crippen LogP contribution in [0.25, 0.3) is 0 Å². The van der Waals surface area contributed by atoms with E-state index in [0.717, 1.165) is 19.4 Å². The quantitative estimate of drug-likeness (QED) is 0.701. The zero-order valence-corrected chi connectivity index (χ0v) is 9.66. The van der Waals surface area contributed by atoms with E-state index >= 15 is 0 Å². The van der Waals surface area contributed by atoms with Crippen LogP contribution in [0.15, 0.2) is 24.3 Å². The van der Waals surface area contributed by atoms with E-state index in [9.17, 15) is 0 Å². The second-order valence-electron chi connectivity index (χ2n) is 3.85. The Labute approximate surface area is 92.3 Å². The van der Waals surface area contributed by atoms with E-state index in [1.54, 1.807) is 0 Å². The van der Waals surface area contributed by atoms with E-state index in [1.165, 1.54) is 11.1 Å². The van der Waals surface area contributed by atoms with Gasteiger partial charge in [-0.05, 0) is 37.4 Å². The smallest absolute Gasteiger partial charge is 0.0443 e. The highest BCUT2D eigenvalue weighted by atomic mass is 16.3. The van der Waals surface area contributed by atoms with Crippen LogP contribution in [0, 0.1) is 0 Å². The first-order chi connectivity index (χ1) is 7.27. The van der Waals surface area contributed by atoms with Crippen LogP contribution in [0.3, 0.4) is 0 Å². The number of hydrogen-bond acceptors (Lipinski definition) is 2. The lowest BCUT2D eigenvalue weighted by atomic mass is 10.1. The van der Waals surface area contributed by atoms with E-state index in [-0.39, 0.29) is 6.61 Å². The molecule has 1 atom stereocenters. The lowest BCUT2D eigenvalue weighted by molar-refractivity contribution is 0.284. The normalized spacial score (nSPS) is 12.7.